The molecular weight excluding hydrogens is 413 g/mol. The summed E-state index contributed by atoms with van der Waals surface area (Å²) in [6.07, 6.45) is -2.88. The average Bonchev–Trinajstić information content (AvgIpc) is 2.96. The van der Waals surface area contributed by atoms with Crippen LogP contribution < -0.4 is 4.90 Å². The molecule has 3 rings (SSSR count). The number of carbonyl (C=O) groups is 1. The molecule has 0 saturated carbocycles. The van der Waals surface area contributed by atoms with Crippen LogP contribution in [0, 0.1) is 10.1 Å². The van der Waals surface area contributed by atoms with Gasteiger partial charge in [0.2, 0.25) is 5.78 Å². The van der Waals surface area contributed by atoms with Crippen LogP contribution in [-0.4, -0.2) is 18.8 Å². The van der Waals surface area contributed by atoms with E-state index in [1.165, 1.54) is 36.4 Å². The number of hydrogen-bond acceptors (Lipinski definition) is 4. The Hall–Kier alpha value is -3.20. The summed E-state index contributed by atoms with van der Waals surface area (Å²) in [4.78, 5) is 25.1. The fourth-order valence-electron chi connectivity index (χ4n) is 3.04. The standard InChI is InChI=1S/C21H19F3N2O3Si/c1-30(2,3)13-19-20(27)18(14-4-8-17(9-5-14)26(28)29)12-25(19)16-10-6-15(7-11-16)21(22,23)24/h4-13H,1-3H3/b19-13-. The summed E-state index contributed by atoms with van der Waals surface area (Å²) in [6.45, 7) is 6.13. The molecule has 30 heavy (non-hydrogen) atoms. The van der Waals surface area contributed by atoms with Crippen molar-refractivity contribution in [3.63, 3.8) is 0 Å². The monoisotopic (exact) mass is 432 g/mol. The van der Waals surface area contributed by atoms with E-state index in [-0.39, 0.29) is 11.5 Å². The van der Waals surface area contributed by atoms with Gasteiger partial charge in [-0.25, -0.2) is 0 Å². The molecule has 0 aromatic heterocycles. The maximum atomic E-state index is 13.1. The SMILES string of the molecule is C[Si](C)(C)/C=C1/C(=O)C(c2ccc([N+](=O)[O-])cc2)=CN1c1ccc(C(F)(F)F)cc1. The molecule has 1 aliphatic heterocycles. The lowest BCUT2D eigenvalue weighted by Crippen LogP contribution is -2.24. The second kappa shape index (κ2) is 7.56. The highest BCUT2D eigenvalue weighted by atomic mass is 28.3. The molecule has 0 spiro atoms. The number of nitrogens with zero attached hydrogens (tertiary/aromatic N) is 2. The number of anilines is 1. The minimum absolute atomic E-state index is 0.0951. The average molecular weight is 432 g/mol. The highest BCUT2D eigenvalue weighted by molar-refractivity contribution is 6.81. The Morgan fingerprint density at radius 1 is 1.00 bits per heavy atom. The van der Waals surface area contributed by atoms with Crippen molar-refractivity contribution in [1.29, 1.82) is 0 Å². The number of halogens is 3. The van der Waals surface area contributed by atoms with Gasteiger partial charge in [-0.15, -0.1) is 0 Å². The van der Waals surface area contributed by atoms with E-state index >= 15 is 0 Å². The van der Waals surface area contributed by atoms with E-state index in [1.54, 1.807) is 11.1 Å². The molecule has 1 aliphatic rings. The number of alkyl halides is 3. The number of ketones is 1. The number of rotatable bonds is 4. The van der Waals surface area contributed by atoms with Gasteiger partial charge in [0.15, 0.2) is 0 Å². The van der Waals surface area contributed by atoms with Crippen molar-refractivity contribution in [1.82, 2.24) is 0 Å². The van der Waals surface area contributed by atoms with Gasteiger partial charge in [0, 0.05) is 29.6 Å². The Bertz CT molecular complexity index is 1050. The van der Waals surface area contributed by atoms with Gasteiger partial charge in [0.05, 0.1) is 24.3 Å². The molecule has 156 valence electrons. The second-order valence-corrected chi connectivity index (χ2v) is 13.0. The summed E-state index contributed by atoms with van der Waals surface area (Å²) in [5.74, 6) is -0.272. The van der Waals surface area contributed by atoms with Gasteiger partial charge in [0.1, 0.15) is 0 Å². The molecule has 0 atom stereocenters. The molecule has 9 heteroatoms. The first-order chi connectivity index (χ1) is 13.9. The maximum Gasteiger partial charge on any atom is 0.416 e. The van der Waals surface area contributed by atoms with E-state index in [0.717, 1.165) is 12.1 Å². The first-order valence-corrected chi connectivity index (χ1v) is 12.7. The molecule has 0 saturated heterocycles. The van der Waals surface area contributed by atoms with Crippen molar-refractivity contribution in [2.45, 2.75) is 25.8 Å². The van der Waals surface area contributed by atoms with Crippen LogP contribution in [0.3, 0.4) is 0 Å². The molecule has 1 heterocycles. The molecule has 0 amide bonds. The third kappa shape index (κ3) is 4.51. The van der Waals surface area contributed by atoms with E-state index in [4.69, 9.17) is 0 Å². The van der Waals surface area contributed by atoms with Crippen molar-refractivity contribution in [3.05, 3.63) is 87.4 Å². The highest BCUT2D eigenvalue weighted by Gasteiger charge is 2.33. The molecule has 0 radical (unpaired) electrons. The van der Waals surface area contributed by atoms with Crippen molar-refractivity contribution in [2.24, 2.45) is 0 Å². The number of nitro groups is 1. The van der Waals surface area contributed by atoms with Gasteiger partial charge in [-0.1, -0.05) is 25.3 Å². The van der Waals surface area contributed by atoms with E-state index < -0.39 is 24.7 Å². The molecule has 0 aliphatic carbocycles. The smallest absolute Gasteiger partial charge is 0.313 e. The number of allylic oxidation sites excluding steroid dienone is 1. The fraction of sp³-hybridized carbons (Fsp3) is 0.190. The fourth-order valence-corrected chi connectivity index (χ4v) is 4.13. The van der Waals surface area contributed by atoms with Crippen LogP contribution >= 0.6 is 0 Å². The quantitative estimate of drug-likeness (QED) is 0.265. The number of Topliss-reactive ketones (excluding diaryl/α,β-unsaturated/α-hetero) is 1. The Morgan fingerprint density at radius 2 is 1.57 bits per heavy atom. The summed E-state index contributed by atoms with van der Waals surface area (Å²) in [6, 6.07) is 10.2. The van der Waals surface area contributed by atoms with Crippen LogP contribution in [-0.2, 0) is 11.0 Å². The normalized spacial score (nSPS) is 16.2. The van der Waals surface area contributed by atoms with E-state index in [1.807, 2.05) is 25.3 Å². The third-order valence-electron chi connectivity index (χ3n) is 4.43. The zero-order valence-corrected chi connectivity index (χ0v) is 17.5. The summed E-state index contributed by atoms with van der Waals surface area (Å²) in [7, 11) is -1.86. The Kier molecular flexibility index (Phi) is 5.42. The van der Waals surface area contributed by atoms with Crippen molar-refractivity contribution in [3.8, 4) is 0 Å². The summed E-state index contributed by atoms with van der Waals surface area (Å²) in [5, 5.41) is 10.9. The Labute approximate surface area is 172 Å². The molecule has 2 aromatic rings. The largest absolute Gasteiger partial charge is 0.416 e. The predicted molar refractivity (Wildman–Crippen MR) is 111 cm³/mol. The minimum atomic E-state index is -4.45. The Morgan fingerprint density at radius 3 is 2.03 bits per heavy atom. The molecular formula is C21H19F3N2O3Si. The van der Waals surface area contributed by atoms with Gasteiger partial charge < -0.3 is 4.90 Å². The van der Waals surface area contributed by atoms with E-state index in [2.05, 4.69) is 0 Å². The van der Waals surface area contributed by atoms with Crippen molar-refractivity contribution >= 4 is 30.8 Å². The maximum absolute atomic E-state index is 13.1. The molecule has 0 unspecified atom stereocenters. The molecule has 0 fully saturated rings. The first kappa shape index (κ1) is 21.5. The lowest BCUT2D eigenvalue weighted by molar-refractivity contribution is -0.384. The van der Waals surface area contributed by atoms with Gasteiger partial charge >= 0.3 is 6.18 Å². The number of nitro benzene ring substituents is 1. The number of carbonyl (C=O) groups excluding carboxylic acids is 1. The van der Waals surface area contributed by atoms with Gasteiger partial charge in [-0.3, -0.25) is 14.9 Å². The third-order valence-corrected chi connectivity index (χ3v) is 5.57. The lowest BCUT2D eigenvalue weighted by atomic mass is 10.0. The molecule has 5 nitrogen and oxygen atoms in total. The Balaban J connectivity index is 2.06. The summed E-state index contributed by atoms with van der Waals surface area (Å²) >= 11 is 0. The summed E-state index contributed by atoms with van der Waals surface area (Å²) in [5.41, 5.74) is 2.66. The topological polar surface area (TPSA) is 63.4 Å². The number of benzene rings is 2. The number of hydrogen-bond donors (Lipinski definition) is 0. The number of non-ortho nitro benzene ring substituents is 1. The van der Waals surface area contributed by atoms with Crippen molar-refractivity contribution in [2.75, 3.05) is 4.90 Å². The second-order valence-electron chi connectivity index (χ2n) is 7.99. The molecule has 2 aromatic carbocycles. The molecule has 0 N–H and O–H groups in total. The predicted octanol–water partition coefficient (Wildman–Crippen LogP) is 5.81. The van der Waals surface area contributed by atoms with Crippen LogP contribution in [0.1, 0.15) is 11.1 Å². The zero-order valence-electron chi connectivity index (χ0n) is 16.5. The van der Waals surface area contributed by atoms with E-state index in [0.29, 0.717) is 22.5 Å². The van der Waals surface area contributed by atoms with Gasteiger partial charge in [-0.05, 0) is 42.0 Å². The van der Waals surface area contributed by atoms with Crippen LogP contribution in [0.4, 0.5) is 24.5 Å². The van der Waals surface area contributed by atoms with Crippen LogP contribution in [0.5, 0.6) is 0 Å². The van der Waals surface area contributed by atoms with Crippen molar-refractivity contribution < 1.29 is 22.9 Å². The van der Waals surface area contributed by atoms with Crippen LogP contribution in [0.2, 0.25) is 19.6 Å². The van der Waals surface area contributed by atoms with Crippen LogP contribution in [0.25, 0.3) is 5.57 Å². The minimum Gasteiger partial charge on any atom is -0.313 e. The van der Waals surface area contributed by atoms with E-state index in [9.17, 15) is 28.1 Å². The van der Waals surface area contributed by atoms with Crippen LogP contribution in [0.15, 0.2) is 66.1 Å². The van der Waals surface area contributed by atoms with Gasteiger partial charge in [-0.2, -0.15) is 13.2 Å². The first-order valence-electron chi connectivity index (χ1n) is 9.07. The molecule has 0 bridgehead atoms. The highest BCUT2D eigenvalue weighted by Crippen LogP contribution is 2.36. The lowest BCUT2D eigenvalue weighted by Gasteiger charge is -2.21. The summed E-state index contributed by atoms with van der Waals surface area (Å²) < 4.78 is 38.7. The van der Waals surface area contributed by atoms with Gasteiger partial charge in [0.25, 0.3) is 5.69 Å². The zero-order chi connectivity index (χ0) is 22.3.